The van der Waals surface area contributed by atoms with E-state index in [9.17, 15) is 5.11 Å². The van der Waals surface area contributed by atoms with Gasteiger partial charge in [0.1, 0.15) is 18.5 Å². The molecule has 1 aliphatic heterocycles. The quantitative estimate of drug-likeness (QED) is 0.882. The lowest BCUT2D eigenvalue weighted by atomic mass is 10.1. The van der Waals surface area contributed by atoms with Crippen molar-refractivity contribution in [3.8, 4) is 5.75 Å². The standard InChI is InChI=1S/C16H26N2O2.2ClH/c1-13-8-14(2)10-16(9-13)20-12-15(19)11-18-6-4-17(3)5-7-18;;/h8-10,15,19H,4-7,11-12H2,1-3H3;2*1H. The van der Waals surface area contributed by atoms with Crippen molar-refractivity contribution in [1.29, 1.82) is 0 Å². The van der Waals surface area contributed by atoms with E-state index in [0.29, 0.717) is 13.2 Å². The van der Waals surface area contributed by atoms with E-state index in [1.807, 2.05) is 12.1 Å². The van der Waals surface area contributed by atoms with Crippen LogP contribution in [0.25, 0.3) is 0 Å². The molecule has 1 unspecified atom stereocenters. The van der Waals surface area contributed by atoms with Crippen LogP contribution in [-0.4, -0.2) is 67.4 Å². The summed E-state index contributed by atoms with van der Waals surface area (Å²) < 4.78 is 5.71. The third-order valence-electron chi connectivity index (χ3n) is 3.70. The Kier molecular flexibility index (Phi) is 10.0. The number of halogens is 2. The average molecular weight is 351 g/mol. The molecule has 6 heteroatoms. The SMILES string of the molecule is Cc1cc(C)cc(OCC(O)CN2CCN(C)CC2)c1.Cl.Cl. The Morgan fingerprint density at radius 1 is 1.05 bits per heavy atom. The summed E-state index contributed by atoms with van der Waals surface area (Å²) in [5.74, 6) is 0.847. The number of benzene rings is 1. The number of likely N-dealkylation sites (N-methyl/N-ethyl adjacent to an activating group) is 1. The fourth-order valence-corrected chi connectivity index (χ4v) is 2.59. The molecule has 1 fully saturated rings. The van der Waals surface area contributed by atoms with Gasteiger partial charge >= 0.3 is 0 Å². The Bertz CT molecular complexity index is 418. The first kappa shape index (κ1) is 21.5. The molecule has 0 saturated carbocycles. The average Bonchev–Trinajstić information content (AvgIpc) is 2.38. The van der Waals surface area contributed by atoms with Crippen LogP contribution in [0.4, 0.5) is 0 Å². The molecule has 1 N–H and O–H groups in total. The van der Waals surface area contributed by atoms with Crippen LogP contribution in [0.2, 0.25) is 0 Å². The van der Waals surface area contributed by atoms with Gasteiger partial charge in [0.05, 0.1) is 0 Å². The zero-order chi connectivity index (χ0) is 14.5. The van der Waals surface area contributed by atoms with Gasteiger partial charge in [-0.15, -0.1) is 24.8 Å². The largest absolute Gasteiger partial charge is 0.491 e. The van der Waals surface area contributed by atoms with Gasteiger partial charge in [0.15, 0.2) is 0 Å². The summed E-state index contributed by atoms with van der Waals surface area (Å²) in [5, 5.41) is 10.1. The zero-order valence-electron chi connectivity index (χ0n) is 13.6. The van der Waals surface area contributed by atoms with E-state index in [2.05, 4.69) is 36.8 Å². The Morgan fingerprint density at radius 3 is 2.14 bits per heavy atom. The highest BCUT2D eigenvalue weighted by Gasteiger charge is 2.17. The highest BCUT2D eigenvalue weighted by molar-refractivity contribution is 5.85. The van der Waals surface area contributed by atoms with Crippen molar-refractivity contribution >= 4 is 24.8 Å². The smallest absolute Gasteiger partial charge is 0.119 e. The second-order valence-electron chi connectivity index (χ2n) is 5.89. The topological polar surface area (TPSA) is 35.9 Å². The van der Waals surface area contributed by atoms with Gasteiger partial charge in [-0.25, -0.2) is 0 Å². The molecule has 0 spiro atoms. The lowest BCUT2D eigenvalue weighted by molar-refractivity contribution is 0.0504. The van der Waals surface area contributed by atoms with Crippen molar-refractivity contribution < 1.29 is 9.84 Å². The Balaban J connectivity index is 0.00000220. The molecule has 1 aromatic rings. The summed E-state index contributed by atoms with van der Waals surface area (Å²) in [6.07, 6.45) is -0.431. The zero-order valence-corrected chi connectivity index (χ0v) is 15.3. The van der Waals surface area contributed by atoms with Gasteiger partial charge in [0, 0.05) is 32.7 Å². The van der Waals surface area contributed by atoms with Crippen LogP contribution in [0.15, 0.2) is 18.2 Å². The lowest BCUT2D eigenvalue weighted by Gasteiger charge is -2.33. The van der Waals surface area contributed by atoms with E-state index in [1.165, 1.54) is 11.1 Å². The Morgan fingerprint density at radius 2 is 1.59 bits per heavy atom. The van der Waals surface area contributed by atoms with Crippen molar-refractivity contribution in [2.45, 2.75) is 20.0 Å². The van der Waals surface area contributed by atoms with E-state index in [-0.39, 0.29) is 24.8 Å². The molecular formula is C16H28Cl2N2O2. The molecular weight excluding hydrogens is 323 g/mol. The molecule has 22 heavy (non-hydrogen) atoms. The number of ether oxygens (including phenoxy) is 1. The summed E-state index contributed by atoms with van der Waals surface area (Å²) in [7, 11) is 2.14. The van der Waals surface area contributed by atoms with E-state index >= 15 is 0 Å². The molecule has 1 aliphatic rings. The van der Waals surface area contributed by atoms with Crippen LogP contribution in [-0.2, 0) is 0 Å². The minimum Gasteiger partial charge on any atom is -0.491 e. The van der Waals surface area contributed by atoms with Crippen LogP contribution >= 0.6 is 24.8 Å². The first-order valence-electron chi connectivity index (χ1n) is 7.33. The first-order chi connectivity index (χ1) is 9.52. The molecule has 2 rings (SSSR count). The number of aryl methyl sites for hydroxylation is 2. The molecule has 128 valence electrons. The fraction of sp³-hybridized carbons (Fsp3) is 0.625. The fourth-order valence-electron chi connectivity index (χ4n) is 2.59. The predicted molar refractivity (Wildman–Crippen MR) is 95.9 cm³/mol. The van der Waals surface area contributed by atoms with Crippen LogP contribution in [0.1, 0.15) is 11.1 Å². The summed E-state index contributed by atoms with van der Waals surface area (Å²) in [5.41, 5.74) is 2.38. The molecule has 0 aromatic heterocycles. The molecule has 1 saturated heterocycles. The van der Waals surface area contributed by atoms with Crippen LogP contribution in [0.5, 0.6) is 5.75 Å². The third-order valence-corrected chi connectivity index (χ3v) is 3.70. The van der Waals surface area contributed by atoms with Crippen molar-refractivity contribution in [2.75, 3.05) is 46.4 Å². The van der Waals surface area contributed by atoms with Gasteiger partial charge in [0.2, 0.25) is 0 Å². The van der Waals surface area contributed by atoms with E-state index < -0.39 is 6.10 Å². The molecule has 1 aromatic carbocycles. The lowest BCUT2D eigenvalue weighted by Crippen LogP contribution is -2.47. The summed E-state index contributed by atoms with van der Waals surface area (Å²) >= 11 is 0. The van der Waals surface area contributed by atoms with Crippen molar-refractivity contribution in [1.82, 2.24) is 9.80 Å². The van der Waals surface area contributed by atoms with Crippen molar-refractivity contribution in [3.05, 3.63) is 29.3 Å². The third kappa shape index (κ3) is 7.16. The Labute approximate surface area is 146 Å². The number of hydrogen-bond donors (Lipinski definition) is 1. The van der Waals surface area contributed by atoms with Crippen LogP contribution in [0.3, 0.4) is 0 Å². The highest BCUT2D eigenvalue weighted by atomic mass is 35.5. The normalized spacial score (nSPS) is 17.3. The van der Waals surface area contributed by atoms with Gasteiger partial charge in [-0.05, 0) is 44.2 Å². The number of aliphatic hydroxyl groups is 1. The van der Waals surface area contributed by atoms with E-state index in [1.54, 1.807) is 0 Å². The second-order valence-corrected chi connectivity index (χ2v) is 5.89. The van der Waals surface area contributed by atoms with Crippen LogP contribution < -0.4 is 4.74 Å². The van der Waals surface area contributed by atoms with Crippen LogP contribution in [0, 0.1) is 13.8 Å². The molecule has 0 amide bonds. The van der Waals surface area contributed by atoms with Gasteiger partial charge in [-0.2, -0.15) is 0 Å². The maximum atomic E-state index is 10.1. The molecule has 1 heterocycles. The van der Waals surface area contributed by atoms with E-state index in [0.717, 1.165) is 31.9 Å². The summed E-state index contributed by atoms with van der Waals surface area (Å²) in [6, 6.07) is 6.14. The molecule has 0 radical (unpaired) electrons. The number of aliphatic hydroxyl groups excluding tert-OH is 1. The maximum absolute atomic E-state index is 10.1. The highest BCUT2D eigenvalue weighted by Crippen LogP contribution is 2.16. The monoisotopic (exact) mass is 350 g/mol. The second kappa shape index (κ2) is 10.3. The maximum Gasteiger partial charge on any atom is 0.119 e. The summed E-state index contributed by atoms with van der Waals surface area (Å²) in [6.45, 7) is 9.36. The van der Waals surface area contributed by atoms with Gasteiger partial charge < -0.3 is 14.7 Å². The minimum absolute atomic E-state index is 0. The number of nitrogens with zero attached hydrogens (tertiary/aromatic N) is 2. The molecule has 0 bridgehead atoms. The first-order valence-corrected chi connectivity index (χ1v) is 7.33. The van der Waals surface area contributed by atoms with Crippen molar-refractivity contribution in [3.63, 3.8) is 0 Å². The minimum atomic E-state index is -0.431. The molecule has 0 aliphatic carbocycles. The number of piperazine rings is 1. The predicted octanol–water partition coefficient (Wildman–Crippen LogP) is 2.13. The Hall–Kier alpha value is -0.520. The number of hydrogen-bond acceptors (Lipinski definition) is 4. The van der Waals surface area contributed by atoms with Gasteiger partial charge in [0.25, 0.3) is 0 Å². The molecule has 4 nitrogen and oxygen atoms in total. The number of rotatable bonds is 5. The number of β-amino-alcohol motifs (C(OH)–C–C–N with tert-alkyl or cyclic N) is 1. The molecule has 1 atom stereocenters. The summed E-state index contributed by atoms with van der Waals surface area (Å²) in [4.78, 5) is 4.62. The van der Waals surface area contributed by atoms with Crippen molar-refractivity contribution in [2.24, 2.45) is 0 Å². The van der Waals surface area contributed by atoms with Gasteiger partial charge in [-0.1, -0.05) is 6.07 Å². The van der Waals surface area contributed by atoms with Gasteiger partial charge in [-0.3, -0.25) is 4.90 Å². The van der Waals surface area contributed by atoms with E-state index in [4.69, 9.17) is 4.74 Å².